The highest BCUT2D eigenvalue weighted by molar-refractivity contribution is 6.06. The minimum absolute atomic E-state index is 0.149. The highest BCUT2D eigenvalue weighted by Crippen LogP contribution is 2.28. The number of pyridine rings is 1. The normalized spacial score (nSPS) is 19.4. The van der Waals surface area contributed by atoms with Crippen molar-refractivity contribution in [3.05, 3.63) is 29.8 Å². The summed E-state index contributed by atoms with van der Waals surface area (Å²) in [7, 11) is 0. The van der Waals surface area contributed by atoms with Gasteiger partial charge in [-0.3, -0.25) is 9.48 Å². The number of carbonyl (C=O) groups is 1. The van der Waals surface area contributed by atoms with Crippen LogP contribution >= 0.6 is 0 Å². The molecule has 29 heavy (non-hydrogen) atoms. The molecular weight excluding hydrogens is 375 g/mol. The van der Waals surface area contributed by atoms with E-state index >= 15 is 0 Å². The molecule has 1 saturated heterocycles. The van der Waals surface area contributed by atoms with Gasteiger partial charge in [0, 0.05) is 43.9 Å². The molecule has 10 heteroatoms. The number of rotatable bonds is 5. The maximum absolute atomic E-state index is 13.8. The average Bonchev–Trinajstić information content (AvgIpc) is 3.08. The lowest BCUT2D eigenvalue weighted by molar-refractivity contribution is 0.100. The summed E-state index contributed by atoms with van der Waals surface area (Å²) in [5, 5.41) is 10.7. The molecule has 0 aromatic carbocycles. The van der Waals surface area contributed by atoms with E-state index in [0.717, 1.165) is 11.3 Å². The second-order valence-electron chi connectivity index (χ2n) is 7.16. The average molecular weight is 398 g/mol. The number of amides is 1. The number of alkyl halides is 1. The second-order valence-corrected chi connectivity index (χ2v) is 7.16. The van der Waals surface area contributed by atoms with Crippen molar-refractivity contribution >= 4 is 22.8 Å². The van der Waals surface area contributed by atoms with Crippen molar-refractivity contribution in [2.75, 3.05) is 18.4 Å². The van der Waals surface area contributed by atoms with Crippen molar-refractivity contribution in [3.8, 4) is 11.3 Å². The van der Waals surface area contributed by atoms with Gasteiger partial charge in [0.25, 0.3) is 5.91 Å². The van der Waals surface area contributed by atoms with Gasteiger partial charge >= 0.3 is 0 Å². The van der Waals surface area contributed by atoms with E-state index in [1.54, 1.807) is 10.7 Å². The van der Waals surface area contributed by atoms with E-state index in [2.05, 4.69) is 25.7 Å². The summed E-state index contributed by atoms with van der Waals surface area (Å²) in [6.45, 7) is 5.54. The van der Waals surface area contributed by atoms with E-state index in [9.17, 15) is 9.18 Å². The number of fused-ring (bicyclic) bond motifs is 1. The zero-order chi connectivity index (χ0) is 20.5. The minimum atomic E-state index is -0.929. The summed E-state index contributed by atoms with van der Waals surface area (Å²) in [4.78, 5) is 25.4. The Morgan fingerprint density at radius 3 is 2.90 bits per heavy atom. The first-order valence-electron chi connectivity index (χ1n) is 9.57. The lowest BCUT2D eigenvalue weighted by Crippen LogP contribution is -2.44. The first kappa shape index (κ1) is 19.2. The molecule has 1 aliphatic heterocycles. The molecule has 0 spiro atoms. The summed E-state index contributed by atoms with van der Waals surface area (Å²) in [6, 6.07) is 1.48. The van der Waals surface area contributed by atoms with Crippen LogP contribution in [0.15, 0.2) is 18.6 Å². The fraction of sp³-hybridized carbons (Fsp3) is 0.421. The molecule has 1 fully saturated rings. The maximum Gasteiger partial charge on any atom is 0.251 e. The minimum Gasteiger partial charge on any atom is -0.366 e. The molecule has 4 N–H and O–H groups in total. The monoisotopic (exact) mass is 398 g/mol. The molecule has 0 aliphatic carbocycles. The van der Waals surface area contributed by atoms with Crippen LogP contribution in [-0.2, 0) is 6.54 Å². The molecule has 0 bridgehead atoms. The third-order valence-corrected chi connectivity index (χ3v) is 5.04. The van der Waals surface area contributed by atoms with Gasteiger partial charge in [0.2, 0.25) is 0 Å². The number of primary amides is 1. The smallest absolute Gasteiger partial charge is 0.251 e. The van der Waals surface area contributed by atoms with Gasteiger partial charge < -0.3 is 16.4 Å². The number of carbonyl (C=O) groups excluding carboxylic acids is 1. The van der Waals surface area contributed by atoms with Crippen LogP contribution in [-0.4, -0.2) is 55.9 Å². The molecule has 0 radical (unpaired) electrons. The zero-order valence-electron chi connectivity index (χ0n) is 16.3. The van der Waals surface area contributed by atoms with Crippen LogP contribution < -0.4 is 16.4 Å². The summed E-state index contributed by atoms with van der Waals surface area (Å²) >= 11 is 0. The molecule has 4 heterocycles. The van der Waals surface area contributed by atoms with Gasteiger partial charge in [-0.2, -0.15) is 5.10 Å². The van der Waals surface area contributed by atoms with E-state index in [1.165, 1.54) is 6.33 Å². The molecular formula is C19H23FN8O. The predicted octanol–water partition coefficient (Wildman–Crippen LogP) is 1.43. The number of aryl methyl sites for hydroxylation is 2. The van der Waals surface area contributed by atoms with Crippen molar-refractivity contribution in [1.29, 1.82) is 0 Å². The van der Waals surface area contributed by atoms with Crippen molar-refractivity contribution < 1.29 is 9.18 Å². The molecule has 4 rings (SSSR count). The lowest BCUT2D eigenvalue weighted by Gasteiger charge is -2.27. The predicted molar refractivity (Wildman–Crippen MR) is 107 cm³/mol. The summed E-state index contributed by atoms with van der Waals surface area (Å²) < 4.78 is 15.6. The van der Waals surface area contributed by atoms with Crippen LogP contribution in [0.2, 0.25) is 0 Å². The molecule has 3 aromatic heterocycles. The van der Waals surface area contributed by atoms with Gasteiger partial charge in [0.15, 0.2) is 5.82 Å². The largest absolute Gasteiger partial charge is 0.366 e. The maximum atomic E-state index is 13.8. The molecule has 9 nitrogen and oxygen atoms in total. The number of anilines is 1. The van der Waals surface area contributed by atoms with Gasteiger partial charge in [0.1, 0.15) is 23.5 Å². The third-order valence-electron chi connectivity index (χ3n) is 5.04. The molecule has 152 valence electrons. The van der Waals surface area contributed by atoms with Crippen molar-refractivity contribution in [2.24, 2.45) is 5.73 Å². The van der Waals surface area contributed by atoms with Crippen LogP contribution in [0.3, 0.4) is 0 Å². The first-order valence-corrected chi connectivity index (χ1v) is 9.57. The summed E-state index contributed by atoms with van der Waals surface area (Å²) in [5.74, 6) is -0.159. The van der Waals surface area contributed by atoms with Crippen LogP contribution in [0.25, 0.3) is 22.3 Å². The second kappa shape index (κ2) is 7.70. The van der Waals surface area contributed by atoms with E-state index in [0.29, 0.717) is 48.6 Å². The topological polar surface area (TPSA) is 124 Å². The van der Waals surface area contributed by atoms with E-state index in [4.69, 9.17) is 10.7 Å². The fourth-order valence-electron chi connectivity index (χ4n) is 3.60. The van der Waals surface area contributed by atoms with Gasteiger partial charge in [-0.1, -0.05) is 0 Å². The van der Waals surface area contributed by atoms with E-state index in [1.807, 2.05) is 20.0 Å². The van der Waals surface area contributed by atoms with E-state index in [-0.39, 0.29) is 11.6 Å². The highest BCUT2D eigenvalue weighted by Gasteiger charge is 2.23. The molecule has 0 unspecified atom stereocenters. The number of nitrogens with two attached hydrogens (primary N) is 1. The molecule has 0 saturated carbocycles. The highest BCUT2D eigenvalue weighted by atomic mass is 19.1. The lowest BCUT2D eigenvalue weighted by atomic mass is 10.1. The van der Waals surface area contributed by atoms with Crippen molar-refractivity contribution in [3.63, 3.8) is 0 Å². The molecule has 1 aliphatic rings. The number of nitrogens with zero attached hydrogens (tertiary/aromatic N) is 5. The number of hydrogen-bond donors (Lipinski definition) is 3. The first-order chi connectivity index (χ1) is 14.0. The SMILES string of the molecule is CCn1cc(-c2cc(C(N)=O)c3ncnc(N[C@@H]4CNC[C@@H](F)C4)c3n2)c(C)n1. The van der Waals surface area contributed by atoms with E-state index < -0.39 is 12.1 Å². The Bertz CT molecular complexity index is 1070. The van der Waals surface area contributed by atoms with Gasteiger partial charge in [-0.15, -0.1) is 0 Å². The molecule has 2 atom stereocenters. The summed E-state index contributed by atoms with van der Waals surface area (Å²) in [5.41, 5.74) is 8.81. The fourth-order valence-corrected chi connectivity index (χ4v) is 3.60. The third kappa shape index (κ3) is 3.75. The van der Waals surface area contributed by atoms with Crippen LogP contribution in [0.5, 0.6) is 0 Å². The van der Waals surface area contributed by atoms with Gasteiger partial charge in [-0.25, -0.2) is 19.3 Å². The van der Waals surface area contributed by atoms with Crippen molar-refractivity contribution in [1.82, 2.24) is 30.0 Å². The Labute approximate surface area is 166 Å². The Hall–Kier alpha value is -3.14. The van der Waals surface area contributed by atoms with Crippen LogP contribution in [0, 0.1) is 6.92 Å². The number of hydrogen-bond acceptors (Lipinski definition) is 7. The number of piperidine rings is 1. The number of nitrogens with one attached hydrogen (secondary N) is 2. The van der Waals surface area contributed by atoms with Gasteiger partial charge in [0.05, 0.1) is 17.0 Å². The Morgan fingerprint density at radius 1 is 1.38 bits per heavy atom. The van der Waals surface area contributed by atoms with Crippen LogP contribution in [0.4, 0.5) is 10.2 Å². The Morgan fingerprint density at radius 2 is 2.21 bits per heavy atom. The van der Waals surface area contributed by atoms with Crippen LogP contribution in [0.1, 0.15) is 29.4 Å². The zero-order valence-corrected chi connectivity index (χ0v) is 16.3. The molecule has 1 amide bonds. The number of halogens is 1. The van der Waals surface area contributed by atoms with Gasteiger partial charge in [-0.05, 0) is 19.9 Å². The number of aromatic nitrogens is 5. The standard InChI is InChI=1S/C19H23FN8O/c1-3-28-8-14(10(2)27-28)15-5-13(18(21)29)16-17(26-15)19(24-9-23-16)25-12-4-11(20)6-22-7-12/h5,8-9,11-12,22H,3-4,6-7H2,1-2H3,(H2,21,29)(H,23,24,25)/t11-,12-/m0/s1. The summed E-state index contributed by atoms with van der Waals surface area (Å²) in [6.07, 6.45) is 2.66. The Kier molecular flexibility index (Phi) is 5.10. The van der Waals surface area contributed by atoms with Crippen molar-refractivity contribution in [2.45, 2.75) is 39.0 Å². The quantitative estimate of drug-likeness (QED) is 0.594. The molecule has 3 aromatic rings. The Balaban J connectivity index is 1.84.